The van der Waals surface area contributed by atoms with Crippen LogP contribution in [0.5, 0.6) is 34.5 Å². The van der Waals surface area contributed by atoms with Gasteiger partial charge < -0.3 is 36.4 Å². The molecule has 0 amide bonds. The Morgan fingerprint density at radius 1 is 0.236 bits per heavy atom. The van der Waals surface area contributed by atoms with Gasteiger partial charge in [0.05, 0.1) is 34.1 Å². The standard InChI is InChI=1S/2C27H39NO3Si5/c2*1-32(2,3)36(33(4,5)6,34(7,8)9)35-29-25-19-13-10-16-22(25)28(23-17-11-14-20-26(23)30-35)24-18-12-15-21-27(24)31-35/h2*10-21H,1-9H3. The van der Waals surface area contributed by atoms with Gasteiger partial charge in [-0.25, -0.2) is 0 Å². The summed E-state index contributed by atoms with van der Waals surface area (Å²) < 4.78 is 44.8. The molecular weight excluding hydrogens is 1050 g/mol. The van der Waals surface area contributed by atoms with Crippen molar-refractivity contribution in [2.45, 2.75) is 118 Å². The van der Waals surface area contributed by atoms with Gasteiger partial charge in [-0.1, -0.05) is 191 Å². The highest BCUT2D eigenvalue weighted by atomic mass is 30.2. The first kappa shape index (κ1) is 52.7. The van der Waals surface area contributed by atoms with E-state index in [0.29, 0.717) is 0 Å². The largest absolute Gasteiger partial charge is 0.648 e. The number of rotatable bonds is 8. The van der Waals surface area contributed by atoms with Gasteiger partial charge in [-0.3, -0.25) is 0 Å². The molecular formula is C54H78N2O6Si10. The number of para-hydroxylation sites is 12. The Kier molecular flexibility index (Phi) is 13.0. The van der Waals surface area contributed by atoms with E-state index in [9.17, 15) is 0 Å². The summed E-state index contributed by atoms with van der Waals surface area (Å²) in [5.74, 6) is 5.33. The van der Waals surface area contributed by atoms with Crippen molar-refractivity contribution in [3.63, 3.8) is 0 Å². The minimum absolute atomic E-state index is 0.889. The molecule has 4 bridgehead atoms. The molecule has 12 rings (SSSR count). The molecule has 0 radical (unpaired) electrons. The minimum atomic E-state index is -3.37. The lowest BCUT2D eigenvalue weighted by Crippen LogP contribution is -2.98. The van der Waals surface area contributed by atoms with Crippen LogP contribution in [0.1, 0.15) is 0 Å². The van der Waals surface area contributed by atoms with Gasteiger partial charge in [0.15, 0.2) is 12.3 Å². The normalized spacial score (nSPS) is 16.8. The van der Waals surface area contributed by atoms with Crippen LogP contribution in [-0.4, -0.2) is 74.5 Å². The van der Waals surface area contributed by atoms with Gasteiger partial charge in [0.2, 0.25) is 0 Å². The van der Waals surface area contributed by atoms with Gasteiger partial charge in [-0.05, 0) is 72.8 Å². The maximum absolute atomic E-state index is 7.47. The van der Waals surface area contributed by atoms with Gasteiger partial charge in [0.1, 0.15) is 34.5 Å². The van der Waals surface area contributed by atoms with Crippen molar-refractivity contribution in [3.05, 3.63) is 146 Å². The molecule has 0 fully saturated rings. The first-order valence-corrected chi connectivity index (χ1v) is 62.2. The number of anilines is 6. The fourth-order valence-electron chi connectivity index (χ4n) is 16.1. The zero-order valence-electron chi connectivity index (χ0n) is 46.2. The average Bonchev–Trinajstić information content (AvgIpc) is 3.22. The third-order valence-corrected chi connectivity index (χ3v) is 220. The summed E-state index contributed by atoms with van der Waals surface area (Å²) in [6, 6.07) is 50.9. The van der Waals surface area contributed by atoms with Crippen molar-refractivity contribution in [2.75, 3.05) is 9.80 Å². The van der Waals surface area contributed by atoms with Gasteiger partial charge in [0, 0.05) is 45.5 Å². The van der Waals surface area contributed by atoms with Crippen molar-refractivity contribution < 1.29 is 26.6 Å². The first-order valence-electron chi connectivity index (χ1n) is 25.8. The van der Waals surface area contributed by atoms with Gasteiger partial charge >= 0.3 is 16.6 Å². The molecule has 6 aromatic carbocycles. The molecule has 0 unspecified atom stereocenters. The summed E-state index contributed by atoms with van der Waals surface area (Å²) in [6.45, 7) is 46.5. The van der Waals surface area contributed by atoms with Crippen LogP contribution in [0.4, 0.5) is 34.1 Å². The average molecular weight is 1130 g/mol. The van der Waals surface area contributed by atoms with Crippen LogP contribution in [0.25, 0.3) is 0 Å². The first-order chi connectivity index (χ1) is 33.5. The molecule has 72 heavy (non-hydrogen) atoms. The minimum Gasteiger partial charge on any atom is -0.485 e. The Balaban J connectivity index is 0.000000178. The molecule has 0 saturated heterocycles. The summed E-state index contributed by atoms with van der Waals surface area (Å²) in [7, 11) is -17.9. The SMILES string of the molecule is C[Si](C)(C)[Si]([Si](C)(C)C)([Si](C)(C)C)[Si]12Oc3ccccc3N(c3ccccc3O1)c1ccccc1O2.C[Si](C)(C)[Si]([Si](C)(C)C)([Si](C)(C)C)[Si]12Oc3ccccc3N(c3ccccc3O1)c1ccccc1O2. The van der Waals surface area contributed by atoms with E-state index in [0.717, 1.165) is 68.6 Å². The predicted octanol–water partition coefficient (Wildman–Crippen LogP) is 16.1. The van der Waals surface area contributed by atoms with Gasteiger partial charge in [-0.15, -0.1) is 0 Å². The van der Waals surface area contributed by atoms with Crippen LogP contribution in [0.15, 0.2) is 146 Å². The highest BCUT2D eigenvalue weighted by Gasteiger charge is 2.85. The number of hydrogen-bond donors (Lipinski definition) is 0. The van der Waals surface area contributed by atoms with Crippen LogP contribution in [0.2, 0.25) is 118 Å². The lowest BCUT2D eigenvalue weighted by Gasteiger charge is -2.61. The van der Waals surface area contributed by atoms with Crippen LogP contribution < -0.4 is 36.4 Å². The second-order valence-electron chi connectivity index (χ2n) is 26.2. The number of nitrogens with zero attached hydrogens (tertiary/aromatic N) is 2. The zero-order chi connectivity index (χ0) is 52.3. The fourth-order valence-corrected chi connectivity index (χ4v) is 280. The van der Waals surface area contributed by atoms with E-state index in [4.69, 9.17) is 26.6 Å². The van der Waals surface area contributed by atoms with Crippen LogP contribution in [-0.2, 0) is 0 Å². The van der Waals surface area contributed by atoms with E-state index >= 15 is 0 Å². The molecule has 8 nitrogen and oxygen atoms in total. The van der Waals surface area contributed by atoms with Gasteiger partial charge in [-0.2, -0.15) is 0 Å². The highest BCUT2D eigenvalue weighted by molar-refractivity contribution is 8.05. The molecule has 380 valence electrons. The van der Waals surface area contributed by atoms with E-state index in [1.54, 1.807) is 0 Å². The third kappa shape index (κ3) is 7.86. The zero-order valence-corrected chi connectivity index (χ0v) is 56.2. The Morgan fingerprint density at radius 3 is 0.514 bits per heavy atom. The summed E-state index contributed by atoms with van der Waals surface area (Å²) in [5, 5.41) is 0. The maximum Gasteiger partial charge on any atom is 0.648 e. The van der Waals surface area contributed by atoms with Crippen LogP contribution >= 0.6 is 0 Å². The topological polar surface area (TPSA) is 61.9 Å². The van der Waals surface area contributed by atoms with E-state index in [1.165, 1.54) is 0 Å². The van der Waals surface area contributed by atoms with Crippen molar-refractivity contribution in [1.29, 1.82) is 0 Å². The maximum atomic E-state index is 7.47. The summed E-state index contributed by atoms with van der Waals surface area (Å²) >= 11 is 0. The summed E-state index contributed by atoms with van der Waals surface area (Å²) in [6.07, 6.45) is -4.67. The molecule has 0 N–H and O–H groups in total. The Morgan fingerprint density at radius 2 is 0.375 bits per heavy atom. The summed E-state index contributed by atoms with van der Waals surface area (Å²) in [4.78, 5) is 4.50. The molecule has 0 aromatic heterocycles. The predicted molar refractivity (Wildman–Crippen MR) is 329 cm³/mol. The lowest BCUT2D eigenvalue weighted by molar-refractivity contribution is 0.284. The Labute approximate surface area is 439 Å². The number of hydrogen-bond acceptors (Lipinski definition) is 8. The molecule has 18 heteroatoms. The molecule has 6 aliphatic heterocycles. The van der Waals surface area contributed by atoms with Crippen molar-refractivity contribution in [2.24, 2.45) is 0 Å². The van der Waals surface area contributed by atoms with E-state index < -0.39 is 74.5 Å². The van der Waals surface area contributed by atoms with Crippen molar-refractivity contribution in [3.8, 4) is 34.5 Å². The molecule has 0 aliphatic carbocycles. The monoisotopic (exact) mass is 1130 g/mol. The molecule has 6 aromatic rings. The van der Waals surface area contributed by atoms with Gasteiger partial charge in [0.25, 0.3) is 0 Å². The molecule has 0 atom stereocenters. The van der Waals surface area contributed by atoms with Crippen molar-refractivity contribution >= 4 is 109 Å². The van der Waals surface area contributed by atoms with E-state index in [-0.39, 0.29) is 0 Å². The quantitative estimate of drug-likeness (QED) is 0.140. The molecule has 6 aliphatic rings. The second-order valence-corrected chi connectivity index (χ2v) is 126. The summed E-state index contributed by atoms with van der Waals surface area (Å²) in [5.41, 5.74) is 6.36. The second kappa shape index (κ2) is 17.8. The Hall–Kier alpha value is -4.11. The van der Waals surface area contributed by atoms with E-state index in [1.807, 2.05) is 0 Å². The van der Waals surface area contributed by atoms with Crippen molar-refractivity contribution in [1.82, 2.24) is 0 Å². The molecule has 0 spiro atoms. The van der Waals surface area contributed by atoms with Crippen LogP contribution in [0, 0.1) is 0 Å². The molecule has 6 heterocycles. The fraction of sp³-hybridized carbons (Fsp3) is 0.333. The van der Waals surface area contributed by atoms with E-state index in [2.05, 4.69) is 273 Å². The lowest BCUT2D eigenvalue weighted by atomic mass is 10.1. The Bertz CT molecular complexity index is 2510. The third-order valence-electron chi connectivity index (χ3n) is 15.8. The highest BCUT2D eigenvalue weighted by Crippen LogP contribution is 2.58. The smallest absolute Gasteiger partial charge is 0.485 e. The van der Waals surface area contributed by atoms with Crippen LogP contribution in [0.3, 0.4) is 0 Å². The number of benzene rings is 6. The molecule has 0 saturated carbocycles.